The molecule has 0 spiro atoms. The standard InChI is InChI=1S/C40H29N3/c1-40(2)32-22-11-9-20-30(32)38-37(40)36(31-21-10-12-23-33(31)41-38)28-18-13-19-29(24-28)39-42-34(26-14-5-3-6-15-26)25-35(43-39)27-16-7-4-8-17-27/h3-25H,1-2H3. The maximum atomic E-state index is 5.23. The third-order valence-electron chi connectivity index (χ3n) is 8.65. The van der Waals surface area contributed by atoms with Crippen molar-refractivity contribution >= 4 is 10.9 Å². The Bertz CT molecular complexity index is 2090. The van der Waals surface area contributed by atoms with Crippen LogP contribution in [0.4, 0.5) is 0 Å². The first-order valence-corrected chi connectivity index (χ1v) is 14.7. The highest BCUT2D eigenvalue weighted by molar-refractivity contribution is 6.02. The third kappa shape index (κ3) is 4.16. The number of benzene rings is 5. The lowest BCUT2D eigenvalue weighted by molar-refractivity contribution is 0.662. The Kier molecular flexibility index (Phi) is 5.80. The predicted molar refractivity (Wildman–Crippen MR) is 177 cm³/mol. The zero-order valence-electron chi connectivity index (χ0n) is 24.1. The molecule has 8 rings (SSSR count). The van der Waals surface area contributed by atoms with Crippen molar-refractivity contribution in [2.24, 2.45) is 0 Å². The fourth-order valence-corrected chi connectivity index (χ4v) is 6.59. The number of hydrogen-bond acceptors (Lipinski definition) is 3. The first kappa shape index (κ1) is 25.3. The summed E-state index contributed by atoms with van der Waals surface area (Å²) < 4.78 is 0. The highest BCUT2D eigenvalue weighted by Crippen LogP contribution is 2.53. The van der Waals surface area contributed by atoms with Gasteiger partial charge >= 0.3 is 0 Å². The van der Waals surface area contributed by atoms with E-state index >= 15 is 0 Å². The average Bonchev–Trinajstić information content (AvgIpc) is 3.30. The fraction of sp³-hybridized carbons (Fsp3) is 0.0750. The molecule has 0 saturated carbocycles. The summed E-state index contributed by atoms with van der Waals surface area (Å²) in [6, 6.07) is 48.7. The van der Waals surface area contributed by atoms with E-state index in [1.807, 2.05) is 12.1 Å². The number of pyridine rings is 1. The Morgan fingerprint density at radius 3 is 1.79 bits per heavy atom. The molecule has 0 bridgehead atoms. The van der Waals surface area contributed by atoms with Crippen LogP contribution < -0.4 is 0 Å². The summed E-state index contributed by atoms with van der Waals surface area (Å²) in [6.45, 7) is 4.64. The lowest BCUT2D eigenvalue weighted by Gasteiger charge is -2.25. The van der Waals surface area contributed by atoms with Gasteiger partial charge in [0.25, 0.3) is 0 Å². The van der Waals surface area contributed by atoms with Crippen LogP contribution in [-0.4, -0.2) is 15.0 Å². The Labute approximate surface area is 251 Å². The van der Waals surface area contributed by atoms with Crippen molar-refractivity contribution in [3.63, 3.8) is 0 Å². The molecule has 0 amide bonds. The van der Waals surface area contributed by atoms with Gasteiger partial charge in [-0.1, -0.05) is 135 Å². The lowest BCUT2D eigenvalue weighted by atomic mass is 9.78. The number of para-hydroxylation sites is 1. The zero-order chi connectivity index (χ0) is 29.0. The minimum atomic E-state index is -0.196. The second kappa shape index (κ2) is 9.85. The second-order valence-electron chi connectivity index (χ2n) is 11.7. The number of fused-ring (bicyclic) bond motifs is 4. The monoisotopic (exact) mass is 551 g/mol. The molecular formula is C40H29N3. The molecule has 43 heavy (non-hydrogen) atoms. The molecule has 0 radical (unpaired) electrons. The molecule has 204 valence electrons. The molecule has 0 aliphatic heterocycles. The lowest BCUT2D eigenvalue weighted by Crippen LogP contribution is -2.16. The van der Waals surface area contributed by atoms with Crippen molar-refractivity contribution in [2.75, 3.05) is 0 Å². The van der Waals surface area contributed by atoms with Gasteiger partial charge in [0.2, 0.25) is 0 Å². The summed E-state index contributed by atoms with van der Waals surface area (Å²) in [4.78, 5) is 15.4. The van der Waals surface area contributed by atoms with Crippen molar-refractivity contribution in [2.45, 2.75) is 19.3 Å². The molecule has 2 heterocycles. The van der Waals surface area contributed by atoms with Crippen molar-refractivity contribution in [1.82, 2.24) is 15.0 Å². The molecule has 2 aromatic heterocycles. The van der Waals surface area contributed by atoms with Crippen LogP contribution >= 0.6 is 0 Å². The number of rotatable bonds is 4. The van der Waals surface area contributed by atoms with Gasteiger partial charge in [0.1, 0.15) is 0 Å². The molecule has 3 heteroatoms. The third-order valence-corrected chi connectivity index (χ3v) is 8.65. The normalized spacial score (nSPS) is 13.1. The van der Waals surface area contributed by atoms with Crippen molar-refractivity contribution in [3.8, 4) is 56.3 Å². The van der Waals surface area contributed by atoms with Gasteiger partial charge in [-0.2, -0.15) is 0 Å². The van der Waals surface area contributed by atoms with E-state index in [1.165, 1.54) is 22.3 Å². The number of hydrogen-bond donors (Lipinski definition) is 0. The van der Waals surface area contributed by atoms with Crippen molar-refractivity contribution in [3.05, 3.63) is 151 Å². The van der Waals surface area contributed by atoms with Gasteiger partial charge in [0, 0.05) is 33.1 Å². The molecule has 1 aliphatic rings. The van der Waals surface area contributed by atoms with Gasteiger partial charge in [0.05, 0.1) is 22.6 Å². The molecular weight excluding hydrogens is 522 g/mol. The van der Waals surface area contributed by atoms with E-state index in [9.17, 15) is 0 Å². The maximum absolute atomic E-state index is 5.23. The summed E-state index contributed by atoms with van der Waals surface area (Å²) in [5.74, 6) is 0.708. The number of nitrogens with zero attached hydrogens (tertiary/aromatic N) is 3. The van der Waals surface area contributed by atoms with E-state index in [0.29, 0.717) is 5.82 Å². The molecule has 3 nitrogen and oxygen atoms in total. The van der Waals surface area contributed by atoms with Gasteiger partial charge in [0.15, 0.2) is 5.82 Å². The fourth-order valence-electron chi connectivity index (χ4n) is 6.59. The molecule has 0 unspecified atom stereocenters. The Hall–Kier alpha value is -5.41. The number of aromatic nitrogens is 3. The van der Waals surface area contributed by atoms with Gasteiger partial charge in [-0.05, 0) is 40.5 Å². The highest BCUT2D eigenvalue weighted by atomic mass is 14.9. The predicted octanol–water partition coefficient (Wildman–Crippen LogP) is 10.00. The van der Waals surface area contributed by atoms with Gasteiger partial charge in [-0.3, -0.25) is 0 Å². The summed E-state index contributed by atoms with van der Waals surface area (Å²) in [6.07, 6.45) is 0. The largest absolute Gasteiger partial charge is 0.247 e. The van der Waals surface area contributed by atoms with Crippen LogP contribution in [0.5, 0.6) is 0 Å². The SMILES string of the molecule is CC1(C)c2ccccc2-c2nc3ccccc3c(-c3cccc(-c4nc(-c5ccccc5)cc(-c5ccccc5)n4)c3)c21. The average molecular weight is 552 g/mol. The van der Waals surface area contributed by atoms with Crippen LogP contribution in [-0.2, 0) is 5.41 Å². The first-order valence-electron chi connectivity index (χ1n) is 14.7. The summed E-state index contributed by atoms with van der Waals surface area (Å²) in [7, 11) is 0. The van der Waals surface area contributed by atoms with E-state index in [0.717, 1.165) is 50.2 Å². The first-order chi connectivity index (χ1) is 21.1. The smallest absolute Gasteiger partial charge is 0.160 e. The minimum absolute atomic E-state index is 0.196. The van der Waals surface area contributed by atoms with Gasteiger partial charge < -0.3 is 0 Å². The molecule has 7 aromatic rings. The molecule has 0 saturated heterocycles. The van der Waals surface area contributed by atoms with E-state index < -0.39 is 0 Å². The zero-order valence-corrected chi connectivity index (χ0v) is 24.1. The Morgan fingerprint density at radius 2 is 1.07 bits per heavy atom. The van der Waals surface area contributed by atoms with Crippen molar-refractivity contribution in [1.29, 1.82) is 0 Å². The van der Waals surface area contributed by atoms with Crippen LogP contribution in [0.15, 0.2) is 140 Å². The summed E-state index contributed by atoms with van der Waals surface area (Å²) in [5, 5.41) is 1.16. The molecule has 0 atom stereocenters. The van der Waals surface area contributed by atoms with Crippen LogP contribution in [0.1, 0.15) is 25.0 Å². The van der Waals surface area contributed by atoms with E-state index in [-0.39, 0.29) is 5.41 Å². The van der Waals surface area contributed by atoms with Crippen molar-refractivity contribution < 1.29 is 0 Å². The molecule has 0 N–H and O–H groups in total. The second-order valence-corrected chi connectivity index (χ2v) is 11.7. The van der Waals surface area contributed by atoms with E-state index in [2.05, 4.69) is 141 Å². The van der Waals surface area contributed by atoms with Crippen LogP contribution in [0.2, 0.25) is 0 Å². The Morgan fingerprint density at radius 1 is 0.488 bits per heavy atom. The summed E-state index contributed by atoms with van der Waals surface area (Å²) in [5.41, 5.74) is 13.0. The van der Waals surface area contributed by atoms with E-state index in [4.69, 9.17) is 15.0 Å². The van der Waals surface area contributed by atoms with Crippen LogP contribution in [0, 0.1) is 0 Å². The molecule has 5 aromatic carbocycles. The summed E-state index contributed by atoms with van der Waals surface area (Å²) >= 11 is 0. The molecule has 1 aliphatic carbocycles. The Balaban J connectivity index is 1.36. The van der Waals surface area contributed by atoms with E-state index in [1.54, 1.807) is 0 Å². The van der Waals surface area contributed by atoms with Gasteiger partial charge in [-0.15, -0.1) is 0 Å². The van der Waals surface area contributed by atoms with Crippen LogP contribution in [0.25, 0.3) is 67.2 Å². The quantitative estimate of drug-likeness (QED) is 0.218. The molecule has 0 fully saturated rings. The highest BCUT2D eigenvalue weighted by Gasteiger charge is 2.39. The van der Waals surface area contributed by atoms with Gasteiger partial charge in [-0.25, -0.2) is 15.0 Å². The van der Waals surface area contributed by atoms with Crippen LogP contribution in [0.3, 0.4) is 0 Å². The maximum Gasteiger partial charge on any atom is 0.160 e. The topological polar surface area (TPSA) is 38.7 Å². The minimum Gasteiger partial charge on any atom is -0.247 e.